The summed E-state index contributed by atoms with van der Waals surface area (Å²) in [4.78, 5) is 12.0. The molecule has 0 fully saturated rings. The van der Waals surface area contributed by atoms with E-state index in [0.717, 1.165) is 29.0 Å². The third kappa shape index (κ3) is 4.60. The SMILES string of the molecule is COc1ccccc1CCNC(=O)/C=C/c1cnn(-c2ccccc2)c1. The van der Waals surface area contributed by atoms with Crippen LogP contribution >= 0.6 is 0 Å². The second-order valence-electron chi connectivity index (χ2n) is 5.74. The van der Waals surface area contributed by atoms with E-state index in [0.29, 0.717) is 6.54 Å². The molecule has 132 valence electrons. The van der Waals surface area contributed by atoms with Crippen LogP contribution in [0.4, 0.5) is 0 Å². The van der Waals surface area contributed by atoms with E-state index in [9.17, 15) is 4.79 Å². The Labute approximate surface area is 152 Å². The van der Waals surface area contributed by atoms with E-state index < -0.39 is 0 Å². The molecule has 5 nitrogen and oxygen atoms in total. The van der Waals surface area contributed by atoms with Gasteiger partial charge in [0.2, 0.25) is 5.91 Å². The van der Waals surface area contributed by atoms with E-state index in [1.54, 1.807) is 24.1 Å². The Morgan fingerprint density at radius 1 is 1.15 bits per heavy atom. The van der Waals surface area contributed by atoms with Gasteiger partial charge >= 0.3 is 0 Å². The third-order valence-electron chi connectivity index (χ3n) is 3.94. The summed E-state index contributed by atoms with van der Waals surface area (Å²) in [5.41, 5.74) is 2.92. The zero-order valence-electron chi connectivity index (χ0n) is 14.6. The van der Waals surface area contributed by atoms with Crippen LogP contribution in [0.2, 0.25) is 0 Å². The number of aromatic nitrogens is 2. The van der Waals surface area contributed by atoms with Crippen LogP contribution in [0.5, 0.6) is 5.75 Å². The Morgan fingerprint density at radius 3 is 2.73 bits per heavy atom. The first-order chi connectivity index (χ1) is 12.8. The molecule has 0 aliphatic rings. The molecule has 0 saturated heterocycles. The highest BCUT2D eigenvalue weighted by atomic mass is 16.5. The summed E-state index contributed by atoms with van der Waals surface area (Å²) < 4.78 is 7.09. The molecule has 2 aromatic carbocycles. The van der Waals surface area contributed by atoms with Crippen LogP contribution in [0.3, 0.4) is 0 Å². The van der Waals surface area contributed by atoms with Crippen molar-refractivity contribution in [1.82, 2.24) is 15.1 Å². The van der Waals surface area contributed by atoms with Gasteiger partial charge < -0.3 is 10.1 Å². The monoisotopic (exact) mass is 347 g/mol. The van der Waals surface area contributed by atoms with Crippen LogP contribution in [0.25, 0.3) is 11.8 Å². The number of hydrogen-bond donors (Lipinski definition) is 1. The highest BCUT2D eigenvalue weighted by Crippen LogP contribution is 2.17. The number of methoxy groups -OCH3 is 1. The smallest absolute Gasteiger partial charge is 0.244 e. The summed E-state index contributed by atoms with van der Waals surface area (Å²) in [5.74, 6) is 0.706. The van der Waals surface area contributed by atoms with E-state index in [4.69, 9.17) is 4.74 Å². The molecule has 0 saturated carbocycles. The van der Waals surface area contributed by atoms with Crippen molar-refractivity contribution in [1.29, 1.82) is 0 Å². The van der Waals surface area contributed by atoms with Crippen molar-refractivity contribution < 1.29 is 9.53 Å². The van der Waals surface area contributed by atoms with Crippen LogP contribution in [-0.2, 0) is 11.2 Å². The molecule has 26 heavy (non-hydrogen) atoms. The van der Waals surface area contributed by atoms with Gasteiger partial charge in [0.1, 0.15) is 5.75 Å². The van der Waals surface area contributed by atoms with Gasteiger partial charge in [0, 0.05) is 24.4 Å². The normalized spacial score (nSPS) is 10.8. The molecule has 5 heteroatoms. The molecule has 0 aliphatic carbocycles. The fourth-order valence-corrected chi connectivity index (χ4v) is 2.61. The number of ether oxygens (including phenoxy) is 1. The summed E-state index contributed by atoms with van der Waals surface area (Å²) in [6, 6.07) is 17.6. The average molecular weight is 347 g/mol. The van der Waals surface area contributed by atoms with Crippen molar-refractivity contribution in [3.05, 3.63) is 84.2 Å². The van der Waals surface area contributed by atoms with Gasteiger partial charge in [0.25, 0.3) is 0 Å². The fraction of sp³-hybridized carbons (Fsp3) is 0.143. The molecule has 0 aliphatic heterocycles. The van der Waals surface area contributed by atoms with Crippen molar-refractivity contribution in [2.24, 2.45) is 0 Å². The summed E-state index contributed by atoms with van der Waals surface area (Å²) in [6.07, 6.45) is 7.61. The lowest BCUT2D eigenvalue weighted by Gasteiger charge is -2.08. The molecular weight excluding hydrogens is 326 g/mol. The van der Waals surface area contributed by atoms with Gasteiger partial charge in [-0.25, -0.2) is 4.68 Å². The van der Waals surface area contributed by atoms with Gasteiger partial charge in [0.05, 0.1) is 19.0 Å². The number of rotatable bonds is 7. The minimum absolute atomic E-state index is 0.132. The molecule has 1 heterocycles. The van der Waals surface area contributed by atoms with E-state index in [1.807, 2.05) is 60.8 Å². The predicted octanol–water partition coefficient (Wildman–Crippen LogP) is 3.25. The first kappa shape index (κ1) is 17.5. The zero-order valence-corrected chi connectivity index (χ0v) is 14.6. The standard InChI is InChI=1S/C21H21N3O2/c1-26-20-10-6-5-7-18(20)13-14-22-21(25)12-11-17-15-23-24(16-17)19-8-3-2-4-9-19/h2-12,15-16H,13-14H2,1H3,(H,22,25)/b12-11+. The molecule has 1 amide bonds. The summed E-state index contributed by atoms with van der Waals surface area (Å²) in [7, 11) is 1.65. The van der Waals surface area contributed by atoms with E-state index >= 15 is 0 Å². The van der Waals surface area contributed by atoms with Crippen LogP contribution in [-0.4, -0.2) is 29.3 Å². The molecule has 0 radical (unpaired) electrons. The van der Waals surface area contributed by atoms with Gasteiger partial charge in [-0.2, -0.15) is 5.10 Å². The Hall–Kier alpha value is -3.34. The summed E-state index contributed by atoms with van der Waals surface area (Å²) in [6.45, 7) is 0.548. The largest absolute Gasteiger partial charge is 0.496 e. The number of nitrogens with zero attached hydrogens (tertiary/aromatic N) is 2. The zero-order chi connectivity index (χ0) is 18.2. The maximum atomic E-state index is 12.0. The van der Waals surface area contributed by atoms with Crippen LogP contribution in [0.1, 0.15) is 11.1 Å². The number of hydrogen-bond acceptors (Lipinski definition) is 3. The highest BCUT2D eigenvalue weighted by molar-refractivity contribution is 5.91. The highest BCUT2D eigenvalue weighted by Gasteiger charge is 2.03. The average Bonchev–Trinajstić information content (AvgIpc) is 3.16. The quantitative estimate of drug-likeness (QED) is 0.668. The predicted molar refractivity (Wildman–Crippen MR) is 102 cm³/mol. The summed E-state index contributed by atoms with van der Waals surface area (Å²) in [5, 5.41) is 7.19. The molecule has 3 aromatic rings. The Morgan fingerprint density at radius 2 is 1.92 bits per heavy atom. The van der Waals surface area contributed by atoms with E-state index in [2.05, 4.69) is 10.4 Å². The minimum Gasteiger partial charge on any atom is -0.496 e. The number of para-hydroxylation sites is 2. The number of carbonyl (C=O) groups excluding carboxylic acids is 1. The number of nitrogens with one attached hydrogen (secondary N) is 1. The van der Waals surface area contributed by atoms with Gasteiger partial charge in [-0.3, -0.25) is 4.79 Å². The lowest BCUT2D eigenvalue weighted by Crippen LogP contribution is -2.23. The molecule has 0 bridgehead atoms. The van der Waals surface area contributed by atoms with Gasteiger partial charge in [-0.15, -0.1) is 0 Å². The molecule has 3 rings (SSSR count). The molecule has 1 N–H and O–H groups in total. The van der Waals surface area contributed by atoms with Crippen molar-refractivity contribution in [2.75, 3.05) is 13.7 Å². The molecule has 0 atom stereocenters. The molecule has 0 unspecified atom stereocenters. The minimum atomic E-state index is -0.132. The van der Waals surface area contributed by atoms with Crippen LogP contribution in [0.15, 0.2) is 73.1 Å². The number of amides is 1. The fourth-order valence-electron chi connectivity index (χ4n) is 2.61. The second-order valence-corrected chi connectivity index (χ2v) is 5.74. The van der Waals surface area contributed by atoms with E-state index in [1.165, 1.54) is 6.08 Å². The van der Waals surface area contributed by atoms with Crippen molar-refractivity contribution >= 4 is 12.0 Å². The second kappa shape index (κ2) is 8.67. The number of benzene rings is 2. The lowest BCUT2D eigenvalue weighted by molar-refractivity contribution is -0.116. The Balaban J connectivity index is 1.51. The molecular formula is C21H21N3O2. The topological polar surface area (TPSA) is 56.1 Å². The van der Waals surface area contributed by atoms with E-state index in [-0.39, 0.29) is 5.91 Å². The van der Waals surface area contributed by atoms with Gasteiger partial charge in [0.15, 0.2) is 0 Å². The third-order valence-corrected chi connectivity index (χ3v) is 3.94. The molecule has 1 aromatic heterocycles. The number of carbonyl (C=O) groups is 1. The first-order valence-electron chi connectivity index (χ1n) is 8.44. The Bertz CT molecular complexity index is 885. The van der Waals surface area contributed by atoms with Crippen molar-refractivity contribution in [3.63, 3.8) is 0 Å². The van der Waals surface area contributed by atoms with Gasteiger partial charge in [-0.1, -0.05) is 36.4 Å². The van der Waals surface area contributed by atoms with Crippen LogP contribution in [0, 0.1) is 0 Å². The Kier molecular flexibility index (Phi) is 5.83. The molecule has 0 spiro atoms. The lowest BCUT2D eigenvalue weighted by atomic mass is 10.1. The maximum absolute atomic E-state index is 12.0. The first-order valence-corrected chi connectivity index (χ1v) is 8.44. The van der Waals surface area contributed by atoms with Gasteiger partial charge in [-0.05, 0) is 36.3 Å². The maximum Gasteiger partial charge on any atom is 0.244 e. The van der Waals surface area contributed by atoms with Crippen molar-refractivity contribution in [3.8, 4) is 11.4 Å². The summed E-state index contributed by atoms with van der Waals surface area (Å²) >= 11 is 0. The van der Waals surface area contributed by atoms with Crippen LogP contribution < -0.4 is 10.1 Å². The van der Waals surface area contributed by atoms with Crippen molar-refractivity contribution in [2.45, 2.75) is 6.42 Å².